The molecule has 33 heavy (non-hydrogen) atoms. The van der Waals surface area contributed by atoms with Crippen LogP contribution in [0.2, 0.25) is 0 Å². The lowest BCUT2D eigenvalue weighted by Crippen LogP contribution is -2.52. The first kappa shape index (κ1) is 24.3. The van der Waals surface area contributed by atoms with Gasteiger partial charge in [0.1, 0.15) is 30.3 Å². The molecule has 1 aromatic rings. The molecule has 1 aromatic carbocycles. The first-order valence-corrected chi connectivity index (χ1v) is 11.5. The van der Waals surface area contributed by atoms with Crippen LogP contribution >= 0.6 is 0 Å². The average Bonchev–Trinajstić information content (AvgIpc) is 3.19. The quantitative estimate of drug-likeness (QED) is 0.391. The normalized spacial score (nSPS) is 33.6. The van der Waals surface area contributed by atoms with Gasteiger partial charge in [0.15, 0.2) is 0 Å². The van der Waals surface area contributed by atoms with Crippen molar-refractivity contribution in [3.8, 4) is 5.75 Å². The number of hydrogen-bond donors (Lipinski definition) is 5. The fourth-order valence-corrected chi connectivity index (χ4v) is 5.05. The highest BCUT2D eigenvalue weighted by atomic mass is 19.4. The number of halogens is 3. The number of ether oxygens (including phenoxy) is 2. The zero-order valence-electron chi connectivity index (χ0n) is 18.8. The third-order valence-corrected chi connectivity index (χ3v) is 6.88. The number of aliphatic hydroxyl groups is 2. The molecule has 186 valence electrons. The van der Waals surface area contributed by atoms with Crippen LogP contribution in [0.5, 0.6) is 5.75 Å². The number of rotatable bonds is 8. The third kappa shape index (κ3) is 5.65. The van der Waals surface area contributed by atoms with Gasteiger partial charge in [-0.15, -0.1) is 13.2 Å². The Morgan fingerprint density at radius 2 is 1.85 bits per heavy atom. The van der Waals surface area contributed by atoms with Gasteiger partial charge < -0.3 is 36.1 Å². The number of nitrogens with two attached hydrogens (primary N) is 1. The molecule has 0 amide bonds. The highest BCUT2D eigenvalue weighted by Gasteiger charge is 2.44. The minimum atomic E-state index is -4.71. The van der Waals surface area contributed by atoms with Crippen LogP contribution in [-0.4, -0.2) is 70.8 Å². The van der Waals surface area contributed by atoms with Crippen molar-refractivity contribution in [2.75, 3.05) is 17.2 Å². The van der Waals surface area contributed by atoms with E-state index in [1.807, 2.05) is 0 Å². The molecule has 0 aromatic heterocycles. The first-order chi connectivity index (χ1) is 15.5. The Kier molecular flexibility index (Phi) is 6.97. The van der Waals surface area contributed by atoms with Crippen molar-refractivity contribution in [2.24, 2.45) is 11.7 Å². The Morgan fingerprint density at radius 1 is 1.15 bits per heavy atom. The predicted molar refractivity (Wildman–Crippen MR) is 117 cm³/mol. The zero-order chi connectivity index (χ0) is 23.9. The maximum Gasteiger partial charge on any atom is 0.573 e. The van der Waals surface area contributed by atoms with Gasteiger partial charge in [-0.1, -0.05) is 0 Å². The zero-order valence-corrected chi connectivity index (χ0v) is 18.8. The molecular weight excluding hydrogens is 441 g/mol. The summed E-state index contributed by atoms with van der Waals surface area (Å²) in [5.41, 5.74) is 7.07. The van der Waals surface area contributed by atoms with Gasteiger partial charge in [0.25, 0.3) is 0 Å². The summed E-state index contributed by atoms with van der Waals surface area (Å²) in [6.45, 7) is 4.72. The van der Waals surface area contributed by atoms with Gasteiger partial charge in [0.2, 0.25) is 0 Å². The second kappa shape index (κ2) is 9.46. The number of aliphatic hydroxyl groups excluding tert-OH is 2. The minimum Gasteiger partial charge on any atom is -0.406 e. The van der Waals surface area contributed by atoms with Gasteiger partial charge >= 0.3 is 6.36 Å². The fraction of sp³-hybridized carbons (Fsp3) is 0.727. The maximum absolute atomic E-state index is 12.4. The Bertz CT molecular complexity index is 821. The van der Waals surface area contributed by atoms with Crippen LogP contribution in [0.15, 0.2) is 18.2 Å². The molecule has 2 heterocycles. The van der Waals surface area contributed by atoms with Crippen LogP contribution in [0.3, 0.4) is 0 Å². The topological polar surface area (TPSA) is 112 Å². The van der Waals surface area contributed by atoms with Crippen molar-refractivity contribution in [2.45, 2.75) is 88.7 Å². The molecule has 1 saturated carbocycles. The smallest absolute Gasteiger partial charge is 0.406 e. The Balaban J connectivity index is 1.22. The first-order valence-electron chi connectivity index (χ1n) is 11.5. The second-order valence-corrected chi connectivity index (χ2v) is 9.58. The molecule has 4 rings (SSSR count). The SMILES string of the molecule is CC(C)N(C[C@H]1O[C@@H](N)[C@H](O)[C@@H]1O)[C@H]1C[C@H](CCC2Nc3ccc(OC(F)(F)F)cc3N2)C1. The Hall–Kier alpha value is -1.79. The number of alkyl halides is 3. The number of fused-ring (bicyclic) bond motifs is 1. The van der Waals surface area contributed by atoms with Gasteiger partial charge in [0.05, 0.1) is 17.5 Å². The summed E-state index contributed by atoms with van der Waals surface area (Å²) in [6, 6.07) is 4.89. The summed E-state index contributed by atoms with van der Waals surface area (Å²) in [7, 11) is 0. The lowest BCUT2D eigenvalue weighted by molar-refractivity contribution is -0.274. The van der Waals surface area contributed by atoms with Crippen LogP contribution in [0.1, 0.15) is 39.5 Å². The Morgan fingerprint density at radius 3 is 2.45 bits per heavy atom. The van der Waals surface area contributed by atoms with Crippen LogP contribution in [0.25, 0.3) is 0 Å². The van der Waals surface area contributed by atoms with Crippen molar-refractivity contribution in [3.05, 3.63) is 18.2 Å². The van der Waals surface area contributed by atoms with Crippen molar-refractivity contribution in [1.29, 1.82) is 0 Å². The standard InChI is InChI=1S/C22H33F3N4O4/c1-11(2)29(10-17-19(30)20(31)21(26)32-17)13-7-12(8-13)3-6-18-27-15-5-4-14(9-16(15)28-18)33-22(23,24)25/h4-5,9,11-13,17-21,27-28,30-31H,3,6-8,10,26H2,1-2H3/t12-,13-,17-,18?,19-,20-,21-/m1/s1. The molecule has 0 bridgehead atoms. The molecule has 3 aliphatic rings. The monoisotopic (exact) mass is 474 g/mol. The third-order valence-electron chi connectivity index (χ3n) is 6.88. The molecule has 11 heteroatoms. The molecule has 2 aliphatic heterocycles. The lowest BCUT2D eigenvalue weighted by atomic mass is 9.76. The molecular formula is C22H33F3N4O4. The molecule has 1 unspecified atom stereocenters. The number of nitrogens with zero attached hydrogens (tertiary/aromatic N) is 1. The van der Waals surface area contributed by atoms with Crippen LogP contribution in [-0.2, 0) is 4.74 Å². The van der Waals surface area contributed by atoms with Gasteiger partial charge in [-0.2, -0.15) is 0 Å². The maximum atomic E-state index is 12.4. The molecule has 2 fully saturated rings. The lowest BCUT2D eigenvalue weighted by Gasteiger charge is -2.46. The summed E-state index contributed by atoms with van der Waals surface area (Å²) >= 11 is 0. The summed E-state index contributed by atoms with van der Waals surface area (Å²) < 4.78 is 46.8. The van der Waals surface area contributed by atoms with Crippen LogP contribution in [0.4, 0.5) is 24.5 Å². The van der Waals surface area contributed by atoms with Crippen LogP contribution in [0, 0.1) is 5.92 Å². The fourth-order valence-electron chi connectivity index (χ4n) is 5.05. The van der Waals surface area contributed by atoms with E-state index in [9.17, 15) is 23.4 Å². The summed E-state index contributed by atoms with van der Waals surface area (Å²) in [6.07, 6.45) is -4.28. The largest absolute Gasteiger partial charge is 0.573 e. The molecule has 1 aliphatic carbocycles. The van der Waals surface area contributed by atoms with Crippen LogP contribution < -0.4 is 21.1 Å². The number of anilines is 2. The van der Waals surface area contributed by atoms with Gasteiger partial charge in [-0.05, 0) is 57.6 Å². The summed E-state index contributed by atoms with van der Waals surface area (Å²) in [5.74, 6) is 0.312. The molecule has 5 atom stereocenters. The van der Waals surface area contributed by atoms with E-state index in [4.69, 9.17) is 10.5 Å². The molecule has 6 N–H and O–H groups in total. The molecule has 8 nitrogen and oxygen atoms in total. The van der Waals surface area contributed by atoms with E-state index in [0.717, 1.165) is 31.4 Å². The van der Waals surface area contributed by atoms with E-state index < -0.39 is 30.9 Å². The summed E-state index contributed by atoms with van der Waals surface area (Å²) in [4.78, 5) is 2.30. The van der Waals surface area contributed by atoms with Gasteiger partial charge in [-0.3, -0.25) is 4.90 Å². The van der Waals surface area contributed by atoms with Gasteiger partial charge in [0, 0.05) is 24.7 Å². The van der Waals surface area contributed by atoms with Crippen molar-refractivity contribution < 1.29 is 32.9 Å². The second-order valence-electron chi connectivity index (χ2n) is 9.58. The summed E-state index contributed by atoms with van der Waals surface area (Å²) in [5, 5.41) is 26.6. The number of benzene rings is 1. The van der Waals surface area contributed by atoms with Gasteiger partial charge in [-0.25, -0.2) is 0 Å². The Labute approximate surface area is 191 Å². The molecule has 0 radical (unpaired) electrons. The van der Waals surface area contributed by atoms with E-state index in [-0.39, 0.29) is 18.0 Å². The van der Waals surface area contributed by atoms with Crippen molar-refractivity contribution >= 4 is 11.4 Å². The van der Waals surface area contributed by atoms with Crippen molar-refractivity contribution in [3.63, 3.8) is 0 Å². The number of hydrogen-bond acceptors (Lipinski definition) is 8. The van der Waals surface area contributed by atoms with E-state index in [2.05, 4.69) is 34.1 Å². The number of nitrogens with one attached hydrogen (secondary N) is 2. The predicted octanol–water partition coefficient (Wildman–Crippen LogP) is 2.42. The highest BCUT2D eigenvalue weighted by molar-refractivity contribution is 5.75. The van der Waals surface area contributed by atoms with Crippen molar-refractivity contribution in [1.82, 2.24) is 4.90 Å². The average molecular weight is 475 g/mol. The van der Waals surface area contributed by atoms with E-state index in [1.165, 1.54) is 12.1 Å². The molecule has 0 spiro atoms. The van der Waals surface area contributed by atoms with E-state index in [1.54, 1.807) is 6.07 Å². The van der Waals surface area contributed by atoms with E-state index >= 15 is 0 Å². The molecule has 1 saturated heterocycles. The minimum absolute atomic E-state index is 0.0357. The van der Waals surface area contributed by atoms with E-state index in [0.29, 0.717) is 24.2 Å². The highest BCUT2D eigenvalue weighted by Crippen LogP contribution is 2.39.